The molecule has 4 rings (SSSR count). The number of aromatic amines is 1. The van der Waals surface area contributed by atoms with Gasteiger partial charge in [0.25, 0.3) is 15.9 Å². The van der Waals surface area contributed by atoms with Crippen LogP contribution in [0.25, 0.3) is 0 Å². The first-order valence-electron chi connectivity index (χ1n) is 9.88. The summed E-state index contributed by atoms with van der Waals surface area (Å²) < 4.78 is 32.9. The summed E-state index contributed by atoms with van der Waals surface area (Å²) in [7, 11) is -2.23. The third-order valence-electron chi connectivity index (χ3n) is 5.28. The molecule has 0 radical (unpaired) electrons. The summed E-state index contributed by atoms with van der Waals surface area (Å²) >= 11 is 0. The van der Waals surface area contributed by atoms with Crippen molar-refractivity contribution in [1.29, 1.82) is 0 Å². The minimum atomic E-state index is -3.77. The summed E-state index contributed by atoms with van der Waals surface area (Å²) in [5.41, 5.74) is 0.870. The summed E-state index contributed by atoms with van der Waals surface area (Å²) in [4.78, 5) is 19.0. The molecule has 1 aromatic heterocycles. The Bertz CT molecular complexity index is 1130. The van der Waals surface area contributed by atoms with Gasteiger partial charge in [0.2, 0.25) is 0 Å². The number of H-pyrrole nitrogens is 1. The van der Waals surface area contributed by atoms with Gasteiger partial charge in [-0.25, -0.2) is 13.4 Å². The van der Waals surface area contributed by atoms with Crippen LogP contribution in [0.4, 0.5) is 5.69 Å². The van der Waals surface area contributed by atoms with Crippen molar-refractivity contribution in [2.75, 3.05) is 24.9 Å². The Morgan fingerprint density at radius 3 is 2.55 bits per heavy atom. The van der Waals surface area contributed by atoms with E-state index in [1.54, 1.807) is 48.4 Å². The molecule has 1 aliphatic rings. The zero-order valence-electron chi connectivity index (χ0n) is 17.0. The molecule has 2 heterocycles. The van der Waals surface area contributed by atoms with Crippen LogP contribution < -0.4 is 9.46 Å². The zero-order valence-corrected chi connectivity index (χ0v) is 17.8. The van der Waals surface area contributed by atoms with Crippen LogP contribution in [0.3, 0.4) is 0 Å². The van der Waals surface area contributed by atoms with Crippen LogP contribution in [0.15, 0.2) is 59.8 Å². The van der Waals surface area contributed by atoms with Crippen LogP contribution >= 0.6 is 0 Å². The van der Waals surface area contributed by atoms with Crippen molar-refractivity contribution in [2.45, 2.75) is 23.7 Å². The van der Waals surface area contributed by atoms with Gasteiger partial charge in [0.05, 0.1) is 12.0 Å². The molecule has 0 saturated carbocycles. The van der Waals surface area contributed by atoms with Crippen LogP contribution in [0, 0.1) is 0 Å². The first kappa shape index (κ1) is 20.9. The molecule has 1 atom stereocenters. The standard InChI is InChI=1S/C21H23N5O4S/c1-30-18-8-6-17(7-9-18)25-31(28,29)19-10-4-15(5-11-19)21(27)26-12-2-3-16(13-26)20-22-14-23-24-20/h4-11,14,16,25H,2-3,12-13H2,1H3,(H,22,23,24). The summed E-state index contributed by atoms with van der Waals surface area (Å²) in [6, 6.07) is 12.6. The van der Waals surface area contributed by atoms with E-state index in [2.05, 4.69) is 19.9 Å². The maximum Gasteiger partial charge on any atom is 0.261 e. The van der Waals surface area contributed by atoms with Crippen LogP contribution in [-0.2, 0) is 10.0 Å². The number of likely N-dealkylation sites (tertiary alicyclic amines) is 1. The molecule has 1 amide bonds. The molecule has 1 unspecified atom stereocenters. The van der Waals surface area contributed by atoms with Crippen molar-refractivity contribution < 1.29 is 17.9 Å². The first-order valence-corrected chi connectivity index (χ1v) is 11.4. The molecule has 10 heteroatoms. The fourth-order valence-electron chi connectivity index (χ4n) is 3.63. The predicted octanol–water partition coefficient (Wildman–Crippen LogP) is 2.63. The van der Waals surface area contributed by atoms with Gasteiger partial charge in [-0.1, -0.05) is 0 Å². The normalized spacial score (nSPS) is 16.7. The molecular weight excluding hydrogens is 418 g/mol. The number of benzene rings is 2. The number of ether oxygens (including phenoxy) is 1. The zero-order chi connectivity index (χ0) is 21.8. The maximum absolute atomic E-state index is 12.9. The number of carbonyl (C=O) groups is 1. The summed E-state index contributed by atoms with van der Waals surface area (Å²) in [5.74, 6) is 1.41. The summed E-state index contributed by atoms with van der Waals surface area (Å²) in [5, 5.41) is 6.76. The van der Waals surface area contributed by atoms with Gasteiger partial charge in [0, 0.05) is 30.3 Å². The molecule has 0 spiro atoms. The molecule has 1 aliphatic heterocycles. The van der Waals surface area contributed by atoms with Crippen LogP contribution in [0.2, 0.25) is 0 Å². The molecule has 0 aliphatic carbocycles. The van der Waals surface area contributed by atoms with Crippen molar-refractivity contribution in [1.82, 2.24) is 20.1 Å². The Morgan fingerprint density at radius 2 is 1.90 bits per heavy atom. The van der Waals surface area contributed by atoms with E-state index in [-0.39, 0.29) is 16.7 Å². The Kier molecular flexibility index (Phi) is 5.90. The van der Waals surface area contributed by atoms with Crippen LogP contribution in [-0.4, -0.2) is 54.6 Å². The minimum absolute atomic E-state index is 0.0815. The molecular formula is C21H23N5O4S. The molecule has 1 saturated heterocycles. The number of carbonyl (C=O) groups excluding carboxylic acids is 1. The van der Waals surface area contributed by atoms with E-state index < -0.39 is 10.0 Å². The van der Waals surface area contributed by atoms with E-state index in [0.717, 1.165) is 18.7 Å². The molecule has 2 N–H and O–H groups in total. The Balaban J connectivity index is 1.44. The van der Waals surface area contributed by atoms with E-state index >= 15 is 0 Å². The lowest BCUT2D eigenvalue weighted by Crippen LogP contribution is -2.39. The van der Waals surface area contributed by atoms with Gasteiger partial charge in [-0.2, -0.15) is 5.10 Å². The van der Waals surface area contributed by atoms with Gasteiger partial charge >= 0.3 is 0 Å². The van der Waals surface area contributed by atoms with Gasteiger partial charge in [-0.05, 0) is 61.4 Å². The van der Waals surface area contributed by atoms with Gasteiger partial charge in [0.15, 0.2) is 0 Å². The smallest absolute Gasteiger partial charge is 0.261 e. The number of sulfonamides is 1. The molecule has 31 heavy (non-hydrogen) atoms. The molecule has 1 fully saturated rings. The minimum Gasteiger partial charge on any atom is -0.497 e. The number of piperidine rings is 1. The number of nitrogens with one attached hydrogen (secondary N) is 2. The van der Waals surface area contributed by atoms with E-state index in [9.17, 15) is 13.2 Å². The predicted molar refractivity (Wildman–Crippen MR) is 115 cm³/mol. The number of methoxy groups -OCH3 is 1. The maximum atomic E-state index is 12.9. The van der Waals surface area contributed by atoms with E-state index in [4.69, 9.17) is 4.74 Å². The van der Waals surface area contributed by atoms with Crippen molar-refractivity contribution >= 4 is 21.6 Å². The van der Waals surface area contributed by atoms with E-state index in [0.29, 0.717) is 30.1 Å². The lowest BCUT2D eigenvalue weighted by molar-refractivity contribution is 0.0704. The van der Waals surface area contributed by atoms with Crippen molar-refractivity contribution in [3.05, 3.63) is 66.2 Å². The number of hydrogen-bond donors (Lipinski definition) is 2. The van der Waals surface area contributed by atoms with E-state index in [1.165, 1.54) is 18.5 Å². The van der Waals surface area contributed by atoms with E-state index in [1.807, 2.05) is 0 Å². The highest BCUT2D eigenvalue weighted by molar-refractivity contribution is 7.92. The number of rotatable bonds is 6. The number of aromatic nitrogens is 3. The van der Waals surface area contributed by atoms with Gasteiger partial charge in [-0.15, -0.1) is 0 Å². The van der Waals surface area contributed by atoms with Gasteiger partial charge < -0.3 is 9.64 Å². The largest absolute Gasteiger partial charge is 0.497 e. The lowest BCUT2D eigenvalue weighted by Gasteiger charge is -2.31. The number of nitrogens with zero attached hydrogens (tertiary/aromatic N) is 3. The van der Waals surface area contributed by atoms with Crippen LogP contribution in [0.1, 0.15) is 34.9 Å². The topological polar surface area (TPSA) is 117 Å². The number of hydrogen-bond acceptors (Lipinski definition) is 6. The second-order valence-electron chi connectivity index (χ2n) is 7.32. The highest BCUT2D eigenvalue weighted by Gasteiger charge is 2.27. The summed E-state index contributed by atoms with van der Waals surface area (Å²) in [6.45, 7) is 1.20. The van der Waals surface area contributed by atoms with Crippen molar-refractivity contribution in [3.8, 4) is 5.75 Å². The fraction of sp³-hybridized carbons (Fsp3) is 0.286. The van der Waals surface area contributed by atoms with Crippen LogP contribution in [0.5, 0.6) is 5.75 Å². The monoisotopic (exact) mass is 441 g/mol. The Morgan fingerprint density at radius 1 is 1.16 bits per heavy atom. The molecule has 0 bridgehead atoms. The third kappa shape index (κ3) is 4.69. The average Bonchev–Trinajstić information content (AvgIpc) is 3.34. The number of anilines is 1. The summed E-state index contributed by atoms with van der Waals surface area (Å²) in [6.07, 6.45) is 3.28. The molecule has 162 valence electrons. The van der Waals surface area contributed by atoms with Gasteiger partial charge in [0.1, 0.15) is 17.9 Å². The molecule has 2 aromatic carbocycles. The second kappa shape index (κ2) is 8.76. The average molecular weight is 442 g/mol. The molecule has 9 nitrogen and oxygen atoms in total. The Labute approximate surface area is 180 Å². The highest BCUT2D eigenvalue weighted by Crippen LogP contribution is 2.26. The molecule has 3 aromatic rings. The number of amides is 1. The fourth-order valence-corrected chi connectivity index (χ4v) is 4.69. The lowest BCUT2D eigenvalue weighted by atomic mass is 9.97. The second-order valence-corrected chi connectivity index (χ2v) is 9.00. The highest BCUT2D eigenvalue weighted by atomic mass is 32.2. The third-order valence-corrected chi connectivity index (χ3v) is 6.68. The first-order chi connectivity index (χ1) is 15.0. The van der Waals surface area contributed by atoms with Crippen molar-refractivity contribution in [3.63, 3.8) is 0 Å². The van der Waals surface area contributed by atoms with Crippen molar-refractivity contribution in [2.24, 2.45) is 0 Å². The Hall–Kier alpha value is -3.40. The van der Waals surface area contributed by atoms with Gasteiger partial charge in [-0.3, -0.25) is 14.6 Å². The quantitative estimate of drug-likeness (QED) is 0.607. The SMILES string of the molecule is COc1ccc(NS(=O)(=O)c2ccc(C(=O)N3CCCC(c4ncn[nH]4)C3)cc2)cc1.